The largest absolute Gasteiger partial charge is 0.454 e. The third kappa shape index (κ3) is 1.27. The molecule has 1 atom stereocenters. The van der Waals surface area contributed by atoms with Crippen molar-refractivity contribution in [1.29, 1.82) is 0 Å². The summed E-state index contributed by atoms with van der Waals surface area (Å²) >= 11 is 0. The molecule has 0 spiro atoms. The van der Waals surface area contributed by atoms with Crippen LogP contribution in [0.25, 0.3) is 0 Å². The van der Waals surface area contributed by atoms with E-state index in [2.05, 4.69) is 11.4 Å². The van der Waals surface area contributed by atoms with E-state index in [-0.39, 0.29) is 12.1 Å². The topological polar surface area (TPSA) is 38.3 Å². The quantitative estimate of drug-likeness (QED) is 0.650. The summed E-state index contributed by atoms with van der Waals surface area (Å²) in [5.41, 5.74) is 4.41. The van der Waals surface area contributed by atoms with Crippen molar-refractivity contribution in [3.8, 4) is 0 Å². The van der Waals surface area contributed by atoms with Gasteiger partial charge in [0.2, 0.25) is 0 Å². The zero-order valence-electron chi connectivity index (χ0n) is 8.67. The number of ether oxygens (including phenoxy) is 1. The molecular weight excluding hydrogens is 190 g/mol. The first-order valence-corrected chi connectivity index (χ1v) is 5.33. The number of esters is 1. The van der Waals surface area contributed by atoms with Gasteiger partial charge in [0, 0.05) is 12.1 Å². The molecule has 1 N–H and O–H groups in total. The molecule has 3 rings (SSSR count). The molecule has 0 fully saturated rings. The second-order valence-corrected chi connectivity index (χ2v) is 4.18. The Bertz CT molecular complexity index is 439. The monoisotopic (exact) mass is 203 g/mol. The van der Waals surface area contributed by atoms with Crippen LogP contribution in [0.15, 0.2) is 12.1 Å². The predicted octanol–water partition coefficient (Wildman–Crippen LogP) is 1.56. The summed E-state index contributed by atoms with van der Waals surface area (Å²) in [5, 5.41) is 3.31. The standard InChI is InChI=1S/C12H13NO2/c1-7-10-4-8-2-3-13-6-9(8)5-11(10)12(14)15-7/h4-5,7,13H,2-3,6H2,1H3. The molecule has 0 saturated heterocycles. The summed E-state index contributed by atoms with van der Waals surface area (Å²) in [6.45, 7) is 3.82. The first kappa shape index (κ1) is 8.92. The fraction of sp³-hybridized carbons (Fsp3) is 0.417. The van der Waals surface area contributed by atoms with Crippen LogP contribution in [0.2, 0.25) is 0 Å². The van der Waals surface area contributed by atoms with E-state index in [9.17, 15) is 4.79 Å². The summed E-state index contributed by atoms with van der Waals surface area (Å²) in [5.74, 6) is -0.175. The lowest BCUT2D eigenvalue weighted by molar-refractivity contribution is 0.0422. The minimum absolute atomic E-state index is 0.0762. The van der Waals surface area contributed by atoms with Crippen LogP contribution in [0.3, 0.4) is 0 Å². The van der Waals surface area contributed by atoms with E-state index in [1.54, 1.807) is 0 Å². The zero-order valence-corrected chi connectivity index (χ0v) is 8.67. The van der Waals surface area contributed by atoms with Gasteiger partial charge in [0.1, 0.15) is 6.10 Å². The molecule has 1 aromatic carbocycles. The van der Waals surface area contributed by atoms with Crippen LogP contribution in [-0.4, -0.2) is 12.5 Å². The number of carbonyl (C=O) groups excluding carboxylic acids is 1. The molecule has 2 aliphatic heterocycles. The van der Waals surface area contributed by atoms with Gasteiger partial charge in [0.25, 0.3) is 0 Å². The minimum Gasteiger partial charge on any atom is -0.454 e. The maximum absolute atomic E-state index is 11.5. The third-order valence-corrected chi connectivity index (χ3v) is 3.20. The molecule has 2 aliphatic rings. The molecule has 15 heavy (non-hydrogen) atoms. The molecule has 0 aliphatic carbocycles. The summed E-state index contributed by atoms with van der Waals surface area (Å²) < 4.78 is 5.19. The highest BCUT2D eigenvalue weighted by atomic mass is 16.5. The van der Waals surface area contributed by atoms with Crippen LogP contribution in [-0.2, 0) is 17.7 Å². The van der Waals surface area contributed by atoms with Gasteiger partial charge in [-0.25, -0.2) is 4.79 Å². The van der Waals surface area contributed by atoms with Gasteiger partial charge in [-0.15, -0.1) is 0 Å². The second kappa shape index (κ2) is 3.07. The van der Waals surface area contributed by atoms with Crippen LogP contribution >= 0.6 is 0 Å². The Balaban J connectivity index is 2.16. The van der Waals surface area contributed by atoms with Crippen molar-refractivity contribution in [3.63, 3.8) is 0 Å². The Labute approximate surface area is 88.4 Å². The van der Waals surface area contributed by atoms with E-state index in [0.29, 0.717) is 0 Å². The van der Waals surface area contributed by atoms with E-state index < -0.39 is 0 Å². The third-order valence-electron chi connectivity index (χ3n) is 3.20. The van der Waals surface area contributed by atoms with E-state index in [0.717, 1.165) is 30.6 Å². The number of hydrogen-bond acceptors (Lipinski definition) is 3. The van der Waals surface area contributed by atoms with Crippen molar-refractivity contribution in [1.82, 2.24) is 5.32 Å². The maximum Gasteiger partial charge on any atom is 0.339 e. The zero-order chi connectivity index (χ0) is 10.4. The predicted molar refractivity (Wildman–Crippen MR) is 55.7 cm³/mol. The van der Waals surface area contributed by atoms with Crippen LogP contribution in [0, 0.1) is 0 Å². The smallest absolute Gasteiger partial charge is 0.339 e. The van der Waals surface area contributed by atoms with Crippen LogP contribution < -0.4 is 5.32 Å². The molecule has 1 unspecified atom stereocenters. The molecule has 1 aromatic rings. The number of benzene rings is 1. The highest BCUT2D eigenvalue weighted by Gasteiger charge is 2.29. The number of fused-ring (bicyclic) bond motifs is 2. The van der Waals surface area contributed by atoms with Crippen molar-refractivity contribution in [3.05, 3.63) is 34.4 Å². The number of rotatable bonds is 0. The average molecular weight is 203 g/mol. The van der Waals surface area contributed by atoms with E-state index in [4.69, 9.17) is 4.74 Å². The SMILES string of the molecule is CC1OC(=O)c2cc3c(cc21)CCNC3. The van der Waals surface area contributed by atoms with Gasteiger partial charge in [0.05, 0.1) is 5.56 Å². The minimum atomic E-state index is -0.175. The van der Waals surface area contributed by atoms with Gasteiger partial charge in [-0.05, 0) is 37.1 Å². The molecule has 0 radical (unpaired) electrons. The number of cyclic esters (lactones) is 1. The molecule has 78 valence electrons. The lowest BCUT2D eigenvalue weighted by Crippen LogP contribution is -2.24. The van der Waals surface area contributed by atoms with Gasteiger partial charge in [0.15, 0.2) is 0 Å². The Morgan fingerprint density at radius 3 is 3.13 bits per heavy atom. The van der Waals surface area contributed by atoms with E-state index in [1.807, 2.05) is 13.0 Å². The molecule has 0 bridgehead atoms. The van der Waals surface area contributed by atoms with Gasteiger partial charge < -0.3 is 10.1 Å². The van der Waals surface area contributed by atoms with Crippen molar-refractivity contribution in [2.24, 2.45) is 0 Å². The number of nitrogens with one attached hydrogen (secondary N) is 1. The lowest BCUT2D eigenvalue weighted by Gasteiger charge is -2.18. The number of hydrogen-bond donors (Lipinski definition) is 1. The highest BCUT2D eigenvalue weighted by molar-refractivity contribution is 5.94. The van der Waals surface area contributed by atoms with Crippen LogP contribution in [0.1, 0.15) is 40.1 Å². The molecule has 0 aromatic heterocycles. The Morgan fingerprint density at radius 1 is 1.40 bits per heavy atom. The second-order valence-electron chi connectivity index (χ2n) is 4.18. The van der Waals surface area contributed by atoms with Gasteiger partial charge in [-0.1, -0.05) is 6.07 Å². The highest BCUT2D eigenvalue weighted by Crippen LogP contribution is 2.33. The molecule has 0 amide bonds. The summed E-state index contributed by atoms with van der Waals surface area (Å²) in [4.78, 5) is 11.5. The first-order valence-electron chi connectivity index (χ1n) is 5.33. The fourth-order valence-electron chi connectivity index (χ4n) is 2.35. The Hall–Kier alpha value is -1.35. The molecule has 3 nitrogen and oxygen atoms in total. The van der Waals surface area contributed by atoms with Crippen LogP contribution in [0.5, 0.6) is 0 Å². The lowest BCUT2D eigenvalue weighted by atomic mass is 9.94. The van der Waals surface area contributed by atoms with Crippen LogP contribution in [0.4, 0.5) is 0 Å². The Kier molecular flexibility index (Phi) is 1.83. The molecular formula is C12H13NO2. The molecule has 0 saturated carbocycles. The Morgan fingerprint density at radius 2 is 2.27 bits per heavy atom. The van der Waals surface area contributed by atoms with Gasteiger partial charge in [-0.3, -0.25) is 0 Å². The fourth-order valence-corrected chi connectivity index (χ4v) is 2.35. The van der Waals surface area contributed by atoms with Crippen molar-refractivity contribution >= 4 is 5.97 Å². The number of carbonyl (C=O) groups is 1. The first-order chi connectivity index (χ1) is 7.25. The summed E-state index contributed by atoms with van der Waals surface area (Å²) in [6, 6.07) is 4.13. The van der Waals surface area contributed by atoms with Crippen molar-refractivity contribution in [2.75, 3.05) is 6.54 Å². The normalized spacial score (nSPS) is 23.3. The van der Waals surface area contributed by atoms with Gasteiger partial charge in [-0.2, -0.15) is 0 Å². The molecule has 2 heterocycles. The van der Waals surface area contributed by atoms with E-state index in [1.165, 1.54) is 11.1 Å². The average Bonchev–Trinajstić information content (AvgIpc) is 2.52. The van der Waals surface area contributed by atoms with Crippen molar-refractivity contribution < 1.29 is 9.53 Å². The maximum atomic E-state index is 11.5. The van der Waals surface area contributed by atoms with Crippen molar-refractivity contribution in [2.45, 2.75) is 26.0 Å². The summed E-state index contributed by atoms with van der Waals surface area (Å²) in [7, 11) is 0. The van der Waals surface area contributed by atoms with E-state index >= 15 is 0 Å². The summed E-state index contributed by atoms with van der Waals surface area (Å²) in [6.07, 6.45) is 0.969. The molecule has 3 heteroatoms. The van der Waals surface area contributed by atoms with Gasteiger partial charge >= 0.3 is 5.97 Å².